The van der Waals surface area contributed by atoms with Crippen LogP contribution in [0.4, 0.5) is 5.82 Å². The number of rotatable bonds is 4. The highest BCUT2D eigenvalue weighted by atomic mass is 16.1. The molecule has 0 bridgehead atoms. The van der Waals surface area contributed by atoms with Gasteiger partial charge in [0.15, 0.2) is 5.82 Å². The second-order valence-corrected chi connectivity index (χ2v) is 6.81. The van der Waals surface area contributed by atoms with Crippen molar-refractivity contribution in [2.24, 2.45) is 5.92 Å². The first-order valence-electron chi connectivity index (χ1n) is 8.67. The van der Waals surface area contributed by atoms with Crippen molar-refractivity contribution in [3.63, 3.8) is 0 Å². The topological polar surface area (TPSA) is 38.1 Å². The van der Waals surface area contributed by atoms with Crippen LogP contribution in [-0.4, -0.2) is 22.6 Å². The lowest BCUT2D eigenvalue weighted by Crippen LogP contribution is -2.39. The molecule has 0 radical (unpaired) electrons. The van der Waals surface area contributed by atoms with Crippen LogP contribution in [0.5, 0.6) is 0 Å². The van der Waals surface area contributed by atoms with Crippen molar-refractivity contribution < 1.29 is 0 Å². The highest BCUT2D eigenvalue weighted by Crippen LogP contribution is 2.33. The summed E-state index contributed by atoms with van der Waals surface area (Å²) in [5.41, 5.74) is 1.51. The Balaban J connectivity index is 1.42. The average molecular weight is 309 g/mol. The second kappa shape index (κ2) is 6.19. The molecule has 1 aliphatic heterocycles. The van der Waals surface area contributed by atoms with Crippen molar-refractivity contribution in [3.8, 4) is 0 Å². The summed E-state index contributed by atoms with van der Waals surface area (Å²) in [6.07, 6.45) is 9.29. The molecule has 1 aromatic heterocycles. The Morgan fingerprint density at radius 1 is 1.04 bits per heavy atom. The van der Waals surface area contributed by atoms with Crippen LogP contribution < -0.4 is 10.5 Å². The Bertz CT molecular complexity index is 713. The van der Waals surface area contributed by atoms with Crippen LogP contribution in [0.2, 0.25) is 0 Å². The minimum atomic E-state index is 0.0940. The monoisotopic (exact) mass is 309 g/mol. The van der Waals surface area contributed by atoms with E-state index in [9.17, 15) is 4.79 Å². The van der Waals surface area contributed by atoms with E-state index in [1.165, 1.54) is 5.56 Å². The largest absolute Gasteiger partial charge is 0.352 e. The molecule has 2 aliphatic rings. The molecule has 4 heteroatoms. The summed E-state index contributed by atoms with van der Waals surface area (Å²) in [4.78, 5) is 19.1. The summed E-state index contributed by atoms with van der Waals surface area (Å²) in [7, 11) is 0. The minimum absolute atomic E-state index is 0.0940. The molecule has 23 heavy (non-hydrogen) atoms. The molecule has 0 amide bonds. The normalized spacial score (nSPS) is 19.0. The fourth-order valence-corrected chi connectivity index (χ4v) is 3.57. The lowest BCUT2D eigenvalue weighted by Gasteiger charge is -2.32. The molecule has 2 heterocycles. The van der Waals surface area contributed by atoms with Crippen molar-refractivity contribution in [2.45, 2.75) is 38.1 Å². The van der Waals surface area contributed by atoms with Crippen LogP contribution in [0.25, 0.3) is 0 Å². The Kier molecular flexibility index (Phi) is 3.90. The van der Waals surface area contributed by atoms with Gasteiger partial charge in [-0.3, -0.25) is 4.79 Å². The standard InChI is InChI=1S/C19H23N3O/c23-19-18(20-10-13-22(19)17-6-7-17)21-11-8-16(9-12-21)14-15-4-2-1-3-5-15/h1-5,10,13,16-17H,6-9,11-12,14H2. The highest BCUT2D eigenvalue weighted by Gasteiger charge is 2.27. The van der Waals surface area contributed by atoms with Crippen LogP contribution in [-0.2, 0) is 6.42 Å². The number of nitrogens with zero attached hydrogens (tertiary/aromatic N) is 3. The number of benzene rings is 1. The van der Waals surface area contributed by atoms with Crippen LogP contribution in [0, 0.1) is 5.92 Å². The summed E-state index contributed by atoms with van der Waals surface area (Å²) in [5, 5.41) is 0. The Labute approximate surface area is 136 Å². The van der Waals surface area contributed by atoms with Gasteiger partial charge in [0.1, 0.15) is 0 Å². The third-order valence-electron chi connectivity index (χ3n) is 5.07. The molecular weight excluding hydrogens is 286 g/mol. The van der Waals surface area contributed by atoms with Crippen molar-refractivity contribution in [1.82, 2.24) is 9.55 Å². The van der Waals surface area contributed by atoms with E-state index in [1.54, 1.807) is 6.20 Å². The minimum Gasteiger partial charge on any atom is -0.352 e. The molecule has 2 aromatic rings. The first kappa shape index (κ1) is 14.5. The van der Waals surface area contributed by atoms with Gasteiger partial charge in [-0.2, -0.15) is 0 Å². The summed E-state index contributed by atoms with van der Waals surface area (Å²) >= 11 is 0. The predicted octanol–water partition coefficient (Wildman–Crippen LogP) is 3.04. The van der Waals surface area contributed by atoms with Gasteiger partial charge in [0.2, 0.25) is 0 Å². The molecule has 4 nitrogen and oxygen atoms in total. The lowest BCUT2D eigenvalue weighted by molar-refractivity contribution is 0.401. The lowest BCUT2D eigenvalue weighted by atomic mass is 9.90. The first-order chi connectivity index (χ1) is 11.3. The Morgan fingerprint density at radius 3 is 2.48 bits per heavy atom. The van der Waals surface area contributed by atoms with E-state index in [0.29, 0.717) is 17.8 Å². The fraction of sp³-hybridized carbons (Fsp3) is 0.474. The van der Waals surface area contributed by atoms with E-state index in [1.807, 2.05) is 10.8 Å². The third-order valence-corrected chi connectivity index (χ3v) is 5.07. The van der Waals surface area contributed by atoms with Crippen LogP contribution in [0.3, 0.4) is 0 Å². The summed E-state index contributed by atoms with van der Waals surface area (Å²) in [6, 6.07) is 11.1. The zero-order valence-electron chi connectivity index (χ0n) is 13.4. The van der Waals surface area contributed by atoms with Gasteiger partial charge in [-0.25, -0.2) is 4.98 Å². The van der Waals surface area contributed by atoms with Crippen LogP contribution >= 0.6 is 0 Å². The van der Waals surface area contributed by atoms with E-state index >= 15 is 0 Å². The van der Waals surface area contributed by atoms with Gasteiger partial charge in [-0.15, -0.1) is 0 Å². The highest BCUT2D eigenvalue weighted by molar-refractivity contribution is 5.36. The molecule has 0 spiro atoms. The average Bonchev–Trinajstić information content (AvgIpc) is 3.42. The van der Waals surface area contributed by atoms with E-state index < -0.39 is 0 Å². The van der Waals surface area contributed by atoms with Gasteiger partial charge in [0.25, 0.3) is 5.56 Å². The van der Waals surface area contributed by atoms with E-state index in [-0.39, 0.29) is 5.56 Å². The maximum absolute atomic E-state index is 12.6. The number of hydrogen-bond acceptors (Lipinski definition) is 3. The Hall–Kier alpha value is -2.10. The van der Waals surface area contributed by atoms with Crippen LogP contribution in [0.1, 0.15) is 37.3 Å². The second-order valence-electron chi connectivity index (χ2n) is 6.81. The maximum atomic E-state index is 12.6. The van der Waals surface area contributed by atoms with Crippen molar-refractivity contribution in [3.05, 3.63) is 58.6 Å². The van der Waals surface area contributed by atoms with Gasteiger partial charge in [-0.1, -0.05) is 30.3 Å². The smallest absolute Gasteiger partial charge is 0.293 e. The zero-order chi connectivity index (χ0) is 15.6. The SMILES string of the molecule is O=c1c(N2CCC(Cc3ccccc3)CC2)nccn1C1CC1. The number of aromatic nitrogens is 2. The van der Waals surface area contributed by atoms with E-state index in [0.717, 1.165) is 45.2 Å². The molecule has 0 unspecified atom stereocenters. The quantitative estimate of drug-likeness (QED) is 0.871. The van der Waals surface area contributed by atoms with Gasteiger partial charge in [0, 0.05) is 31.5 Å². The molecule has 1 saturated heterocycles. The van der Waals surface area contributed by atoms with Gasteiger partial charge < -0.3 is 9.47 Å². The number of piperidine rings is 1. The summed E-state index contributed by atoms with van der Waals surface area (Å²) < 4.78 is 1.87. The zero-order valence-corrected chi connectivity index (χ0v) is 13.4. The molecule has 120 valence electrons. The predicted molar refractivity (Wildman–Crippen MR) is 91.9 cm³/mol. The van der Waals surface area contributed by atoms with E-state index in [4.69, 9.17) is 0 Å². The molecule has 1 aromatic carbocycles. The third kappa shape index (κ3) is 3.16. The number of anilines is 1. The summed E-state index contributed by atoms with van der Waals surface area (Å²) in [6.45, 7) is 1.88. The first-order valence-corrected chi connectivity index (χ1v) is 8.67. The van der Waals surface area contributed by atoms with Crippen molar-refractivity contribution in [2.75, 3.05) is 18.0 Å². The van der Waals surface area contributed by atoms with Gasteiger partial charge in [-0.05, 0) is 43.6 Å². The van der Waals surface area contributed by atoms with Crippen molar-refractivity contribution >= 4 is 5.82 Å². The van der Waals surface area contributed by atoms with Gasteiger partial charge in [0.05, 0.1) is 0 Å². The van der Waals surface area contributed by atoms with Crippen LogP contribution in [0.15, 0.2) is 47.5 Å². The molecular formula is C19H23N3O. The molecule has 4 rings (SSSR count). The molecule has 0 N–H and O–H groups in total. The van der Waals surface area contributed by atoms with E-state index in [2.05, 4.69) is 40.2 Å². The fourth-order valence-electron chi connectivity index (χ4n) is 3.57. The van der Waals surface area contributed by atoms with Gasteiger partial charge >= 0.3 is 0 Å². The maximum Gasteiger partial charge on any atom is 0.293 e. The molecule has 0 atom stereocenters. The molecule has 2 fully saturated rings. The molecule has 1 aliphatic carbocycles. The Morgan fingerprint density at radius 2 is 1.78 bits per heavy atom. The summed E-state index contributed by atoms with van der Waals surface area (Å²) in [5.74, 6) is 1.36. The molecule has 1 saturated carbocycles. The van der Waals surface area contributed by atoms with Crippen molar-refractivity contribution in [1.29, 1.82) is 0 Å². The number of hydrogen-bond donors (Lipinski definition) is 0.